The molecule has 0 amide bonds. The Labute approximate surface area is 114 Å². The molecule has 1 unspecified atom stereocenters. The van der Waals surface area contributed by atoms with Crippen LogP contribution in [0.1, 0.15) is 56.2 Å². The molecule has 1 saturated carbocycles. The minimum absolute atomic E-state index is 0.0665. The number of hydrogen-bond acceptors (Lipinski definition) is 1. The van der Waals surface area contributed by atoms with Crippen molar-refractivity contribution in [1.82, 2.24) is 5.32 Å². The van der Waals surface area contributed by atoms with E-state index in [1.54, 1.807) is 19.1 Å². The van der Waals surface area contributed by atoms with Crippen LogP contribution < -0.4 is 5.32 Å². The first kappa shape index (κ1) is 14.4. The van der Waals surface area contributed by atoms with Gasteiger partial charge < -0.3 is 5.32 Å². The van der Waals surface area contributed by atoms with Crippen LogP contribution in [0.5, 0.6) is 0 Å². The summed E-state index contributed by atoms with van der Waals surface area (Å²) >= 11 is 0. The highest BCUT2D eigenvalue weighted by Crippen LogP contribution is 2.34. The van der Waals surface area contributed by atoms with Crippen molar-refractivity contribution in [3.63, 3.8) is 0 Å². The molecule has 0 aromatic heterocycles. The summed E-state index contributed by atoms with van der Waals surface area (Å²) in [6, 6.07) is 3.34. The molecule has 19 heavy (non-hydrogen) atoms. The highest BCUT2D eigenvalue weighted by Gasteiger charge is 2.24. The number of aryl methyl sites for hydroxylation is 1. The zero-order chi connectivity index (χ0) is 13.8. The third kappa shape index (κ3) is 3.33. The van der Waals surface area contributed by atoms with Gasteiger partial charge in [0.15, 0.2) is 11.6 Å². The van der Waals surface area contributed by atoms with Gasteiger partial charge in [-0.15, -0.1) is 0 Å². The van der Waals surface area contributed by atoms with Crippen molar-refractivity contribution in [3.05, 3.63) is 34.9 Å². The zero-order valence-electron chi connectivity index (χ0n) is 11.8. The lowest BCUT2D eigenvalue weighted by Crippen LogP contribution is -2.24. The molecule has 106 valence electrons. The van der Waals surface area contributed by atoms with Crippen LogP contribution in [0.4, 0.5) is 8.78 Å². The van der Waals surface area contributed by atoms with Gasteiger partial charge >= 0.3 is 0 Å². The predicted octanol–water partition coefficient (Wildman–Crippen LogP) is 4.50. The first-order valence-corrected chi connectivity index (χ1v) is 7.31. The summed E-state index contributed by atoms with van der Waals surface area (Å²) < 4.78 is 27.8. The Balaban J connectivity index is 2.20. The maximum Gasteiger partial charge on any atom is 0.163 e. The Morgan fingerprint density at radius 3 is 2.53 bits per heavy atom. The van der Waals surface area contributed by atoms with Crippen LogP contribution in [0, 0.1) is 24.5 Å². The molecular formula is C16H23F2N. The highest BCUT2D eigenvalue weighted by atomic mass is 19.2. The predicted molar refractivity (Wildman–Crippen MR) is 74.1 cm³/mol. The largest absolute Gasteiger partial charge is 0.310 e. The van der Waals surface area contributed by atoms with E-state index in [2.05, 4.69) is 5.32 Å². The number of halogens is 2. The van der Waals surface area contributed by atoms with Gasteiger partial charge in [-0.05, 0) is 31.4 Å². The van der Waals surface area contributed by atoms with Gasteiger partial charge in [-0.2, -0.15) is 0 Å². The van der Waals surface area contributed by atoms with Crippen molar-refractivity contribution in [2.75, 3.05) is 6.54 Å². The molecule has 1 aliphatic carbocycles. The summed E-state index contributed by atoms with van der Waals surface area (Å²) in [5, 5.41) is 3.31. The molecule has 2 rings (SSSR count). The first-order chi connectivity index (χ1) is 9.13. The second kappa shape index (κ2) is 6.47. The van der Waals surface area contributed by atoms with E-state index in [-0.39, 0.29) is 6.04 Å². The van der Waals surface area contributed by atoms with Gasteiger partial charge in [0, 0.05) is 11.6 Å². The lowest BCUT2D eigenvalue weighted by atomic mass is 9.92. The van der Waals surface area contributed by atoms with E-state index >= 15 is 0 Å². The summed E-state index contributed by atoms with van der Waals surface area (Å²) in [6.45, 7) is 4.37. The fraction of sp³-hybridized carbons (Fsp3) is 0.625. The minimum Gasteiger partial charge on any atom is -0.310 e. The molecule has 0 aliphatic heterocycles. The van der Waals surface area contributed by atoms with Gasteiger partial charge in [-0.3, -0.25) is 0 Å². The Morgan fingerprint density at radius 1 is 1.21 bits per heavy atom. The summed E-state index contributed by atoms with van der Waals surface area (Å²) in [4.78, 5) is 0. The van der Waals surface area contributed by atoms with E-state index in [0.717, 1.165) is 13.0 Å². The fourth-order valence-corrected chi connectivity index (χ4v) is 3.08. The Morgan fingerprint density at radius 2 is 1.89 bits per heavy atom. The molecule has 1 aromatic carbocycles. The van der Waals surface area contributed by atoms with Gasteiger partial charge in [0.05, 0.1) is 0 Å². The lowest BCUT2D eigenvalue weighted by molar-refractivity contribution is 0.383. The maximum absolute atomic E-state index is 14.1. The van der Waals surface area contributed by atoms with Crippen LogP contribution in [-0.2, 0) is 0 Å². The minimum atomic E-state index is -0.702. The summed E-state index contributed by atoms with van der Waals surface area (Å²) in [5.74, 6) is -0.733. The molecule has 1 aliphatic rings. The smallest absolute Gasteiger partial charge is 0.163 e. The van der Waals surface area contributed by atoms with Crippen molar-refractivity contribution < 1.29 is 8.78 Å². The van der Waals surface area contributed by atoms with Gasteiger partial charge in [-0.25, -0.2) is 8.78 Å². The second-order valence-corrected chi connectivity index (χ2v) is 5.60. The Hall–Kier alpha value is -0.960. The maximum atomic E-state index is 14.1. The molecule has 0 saturated heterocycles. The summed E-state index contributed by atoms with van der Waals surface area (Å²) in [6.07, 6.45) is 5.89. The molecule has 1 nitrogen and oxygen atoms in total. The molecule has 1 fully saturated rings. The van der Waals surface area contributed by atoms with E-state index in [9.17, 15) is 8.78 Å². The van der Waals surface area contributed by atoms with E-state index < -0.39 is 11.6 Å². The van der Waals surface area contributed by atoms with Crippen LogP contribution >= 0.6 is 0 Å². The Kier molecular flexibility index (Phi) is 4.92. The normalized spacial score (nSPS) is 17.9. The van der Waals surface area contributed by atoms with E-state index in [1.165, 1.54) is 25.7 Å². The molecule has 0 bridgehead atoms. The second-order valence-electron chi connectivity index (χ2n) is 5.60. The van der Waals surface area contributed by atoms with Crippen LogP contribution in [0.15, 0.2) is 12.1 Å². The molecule has 1 N–H and O–H groups in total. The molecule has 0 radical (unpaired) electrons. The van der Waals surface area contributed by atoms with Crippen LogP contribution in [-0.4, -0.2) is 6.54 Å². The molecule has 0 spiro atoms. The van der Waals surface area contributed by atoms with Crippen LogP contribution in [0.3, 0.4) is 0 Å². The molecule has 0 heterocycles. The average molecular weight is 267 g/mol. The van der Waals surface area contributed by atoms with Gasteiger partial charge in [0.25, 0.3) is 0 Å². The van der Waals surface area contributed by atoms with E-state index in [4.69, 9.17) is 0 Å². The number of rotatable bonds is 5. The third-order valence-electron chi connectivity index (χ3n) is 4.17. The molecule has 1 atom stereocenters. The number of benzene rings is 1. The first-order valence-electron chi connectivity index (χ1n) is 7.31. The monoisotopic (exact) mass is 267 g/mol. The lowest BCUT2D eigenvalue weighted by Gasteiger charge is -2.22. The molecular weight excluding hydrogens is 244 g/mol. The fourth-order valence-electron chi connectivity index (χ4n) is 3.08. The van der Waals surface area contributed by atoms with Gasteiger partial charge in [0.2, 0.25) is 0 Å². The molecule has 1 aromatic rings. The van der Waals surface area contributed by atoms with Crippen molar-refractivity contribution in [1.29, 1.82) is 0 Å². The zero-order valence-corrected chi connectivity index (χ0v) is 11.8. The van der Waals surface area contributed by atoms with Crippen LogP contribution in [0.25, 0.3) is 0 Å². The summed E-state index contributed by atoms with van der Waals surface area (Å²) in [5.41, 5.74) is 0.856. The highest BCUT2D eigenvalue weighted by molar-refractivity contribution is 5.28. The number of nitrogens with one attached hydrogen (secondary N) is 1. The average Bonchev–Trinajstić information content (AvgIpc) is 2.89. The topological polar surface area (TPSA) is 12.0 Å². The van der Waals surface area contributed by atoms with E-state index in [0.29, 0.717) is 17.0 Å². The summed E-state index contributed by atoms with van der Waals surface area (Å²) in [7, 11) is 0. The van der Waals surface area contributed by atoms with Crippen molar-refractivity contribution in [3.8, 4) is 0 Å². The van der Waals surface area contributed by atoms with Crippen LogP contribution in [0.2, 0.25) is 0 Å². The van der Waals surface area contributed by atoms with Crippen molar-refractivity contribution in [2.45, 2.75) is 52.0 Å². The third-order valence-corrected chi connectivity index (χ3v) is 4.17. The van der Waals surface area contributed by atoms with Crippen molar-refractivity contribution in [2.24, 2.45) is 5.92 Å². The quantitative estimate of drug-likeness (QED) is 0.828. The van der Waals surface area contributed by atoms with Gasteiger partial charge in [0.1, 0.15) is 0 Å². The van der Waals surface area contributed by atoms with Gasteiger partial charge in [-0.1, -0.05) is 44.7 Å². The number of hydrogen-bond donors (Lipinski definition) is 1. The standard InChI is InChI=1S/C16H23F2N/c1-3-19-14(10-12-6-4-5-7-12)13-9-8-11(2)15(17)16(13)18/h8-9,12,14,19H,3-7,10H2,1-2H3. The van der Waals surface area contributed by atoms with E-state index in [1.807, 2.05) is 6.92 Å². The SMILES string of the molecule is CCNC(CC1CCCC1)c1ccc(C)c(F)c1F. The molecule has 3 heteroatoms. The Bertz CT molecular complexity index is 425. The van der Waals surface area contributed by atoms with Crippen molar-refractivity contribution >= 4 is 0 Å².